The van der Waals surface area contributed by atoms with Gasteiger partial charge in [-0.1, -0.05) is 19.9 Å². The van der Waals surface area contributed by atoms with Crippen molar-refractivity contribution in [2.75, 3.05) is 26.4 Å². The molecule has 0 atom stereocenters. The van der Waals surface area contributed by atoms with Gasteiger partial charge in [-0.25, -0.2) is 4.79 Å². The lowest BCUT2D eigenvalue weighted by Crippen LogP contribution is -3.00. The van der Waals surface area contributed by atoms with Gasteiger partial charge < -0.3 is 19.2 Å². The zero-order valence-electron chi connectivity index (χ0n) is 12.0. The van der Waals surface area contributed by atoms with Gasteiger partial charge in [0.2, 0.25) is 0 Å². The van der Waals surface area contributed by atoms with E-state index in [-0.39, 0.29) is 10.7 Å². The van der Waals surface area contributed by atoms with Crippen LogP contribution in [0.4, 0.5) is 12.9 Å². The molecule has 0 spiro atoms. The maximum Gasteiger partial charge on any atom is 0.762 e. The number of hydrogen-bond donors (Lipinski definition) is 0. The summed E-state index contributed by atoms with van der Waals surface area (Å²) in [5.74, 6) is -0.356. The molecule has 0 amide bonds. The van der Waals surface area contributed by atoms with Crippen molar-refractivity contribution in [1.29, 1.82) is 0 Å². The molecule has 0 aliphatic carbocycles. The largest absolute Gasteiger partial charge is 1.00 e. The van der Waals surface area contributed by atoms with Crippen molar-refractivity contribution in [2.45, 2.75) is 19.8 Å². The minimum absolute atomic E-state index is 0. The maximum absolute atomic E-state index is 10.8. The SMILES string of the molecule is C=CC(=O)OCCN1C=CN(CCCC)C1.FB(F)F.[F-]. The number of carbonyl (C=O) groups is 1. The number of rotatable bonds is 7. The van der Waals surface area contributed by atoms with Gasteiger partial charge in [0.25, 0.3) is 0 Å². The zero-order chi connectivity index (χ0) is 15.4. The Kier molecular flexibility index (Phi) is 13.7. The summed E-state index contributed by atoms with van der Waals surface area (Å²) in [6.45, 7) is 8.67. The summed E-state index contributed by atoms with van der Waals surface area (Å²) in [7, 11) is -3.67. The highest BCUT2D eigenvalue weighted by atomic mass is 19.4. The van der Waals surface area contributed by atoms with Gasteiger partial charge in [-0.05, 0) is 6.42 Å². The fourth-order valence-corrected chi connectivity index (χ4v) is 1.49. The minimum atomic E-state index is -3.67. The molecular weight excluding hydrogens is 291 g/mol. The molecule has 0 unspecified atom stereocenters. The lowest BCUT2D eigenvalue weighted by molar-refractivity contribution is -0.138. The number of halogens is 4. The lowest BCUT2D eigenvalue weighted by atomic mass is 10.3. The first-order valence-corrected chi connectivity index (χ1v) is 6.37. The van der Waals surface area contributed by atoms with Gasteiger partial charge in [-0.15, -0.1) is 0 Å². The van der Waals surface area contributed by atoms with Gasteiger partial charge in [0, 0.05) is 25.0 Å². The van der Waals surface area contributed by atoms with Crippen molar-refractivity contribution in [2.24, 2.45) is 0 Å². The van der Waals surface area contributed by atoms with E-state index in [1.54, 1.807) is 0 Å². The number of unbranched alkanes of at least 4 members (excludes halogenated alkanes) is 1. The van der Waals surface area contributed by atoms with E-state index >= 15 is 0 Å². The highest BCUT2D eigenvalue weighted by Crippen LogP contribution is 2.07. The molecule has 0 fully saturated rings. The fourth-order valence-electron chi connectivity index (χ4n) is 1.49. The van der Waals surface area contributed by atoms with Crippen LogP contribution in [-0.4, -0.2) is 49.7 Å². The first-order valence-electron chi connectivity index (χ1n) is 6.37. The summed E-state index contributed by atoms with van der Waals surface area (Å²) in [4.78, 5) is 15.2. The molecule has 0 N–H and O–H groups in total. The second kappa shape index (κ2) is 13.3. The van der Waals surface area contributed by atoms with E-state index in [9.17, 15) is 17.7 Å². The molecule has 0 bridgehead atoms. The molecule has 0 aromatic heterocycles. The van der Waals surface area contributed by atoms with E-state index in [0.717, 1.165) is 19.8 Å². The third-order valence-electron chi connectivity index (χ3n) is 2.44. The van der Waals surface area contributed by atoms with Crippen molar-refractivity contribution in [3.8, 4) is 0 Å². The highest BCUT2D eigenvalue weighted by molar-refractivity contribution is 6.33. The van der Waals surface area contributed by atoms with Gasteiger partial charge in [0.05, 0.1) is 13.2 Å². The predicted molar refractivity (Wildman–Crippen MR) is 72.6 cm³/mol. The van der Waals surface area contributed by atoms with Gasteiger partial charge in [0.15, 0.2) is 0 Å². The van der Waals surface area contributed by atoms with Crippen molar-refractivity contribution in [3.05, 3.63) is 25.1 Å². The van der Waals surface area contributed by atoms with E-state index in [0.29, 0.717) is 6.61 Å². The minimum Gasteiger partial charge on any atom is -1.00 e. The molecule has 1 rings (SSSR count). The van der Waals surface area contributed by atoms with Gasteiger partial charge in [-0.2, -0.15) is 0 Å². The molecule has 1 aliphatic rings. The lowest BCUT2D eigenvalue weighted by Gasteiger charge is -2.20. The average molecular weight is 311 g/mol. The smallest absolute Gasteiger partial charge is 0.762 e. The van der Waals surface area contributed by atoms with Crippen LogP contribution >= 0.6 is 0 Å². The van der Waals surface area contributed by atoms with Crippen LogP contribution in [-0.2, 0) is 9.53 Å². The van der Waals surface area contributed by atoms with Gasteiger partial charge >= 0.3 is 13.5 Å². The Morgan fingerprint density at radius 3 is 2.33 bits per heavy atom. The van der Waals surface area contributed by atoms with Gasteiger partial charge in [-0.3, -0.25) is 12.9 Å². The summed E-state index contributed by atoms with van der Waals surface area (Å²) < 4.78 is 33.9. The second-order valence-electron chi connectivity index (χ2n) is 4.04. The van der Waals surface area contributed by atoms with Crippen LogP contribution in [0.25, 0.3) is 0 Å². The van der Waals surface area contributed by atoms with Crippen molar-refractivity contribution < 1.29 is 27.2 Å². The third-order valence-corrected chi connectivity index (χ3v) is 2.44. The second-order valence-corrected chi connectivity index (χ2v) is 4.04. The van der Waals surface area contributed by atoms with E-state index in [4.69, 9.17) is 4.74 Å². The van der Waals surface area contributed by atoms with Crippen LogP contribution in [0.15, 0.2) is 25.1 Å². The van der Waals surface area contributed by atoms with Crippen molar-refractivity contribution in [1.82, 2.24) is 9.80 Å². The Morgan fingerprint density at radius 2 is 1.86 bits per heavy atom. The molecule has 122 valence electrons. The van der Waals surface area contributed by atoms with Crippen LogP contribution in [0.1, 0.15) is 19.8 Å². The molecule has 4 nitrogen and oxygen atoms in total. The summed E-state index contributed by atoms with van der Waals surface area (Å²) in [6, 6.07) is 0. The molecule has 0 saturated carbocycles. The molecule has 0 radical (unpaired) electrons. The molecular formula is C12H20BF4N2O2-. The molecule has 0 aromatic rings. The normalized spacial score (nSPS) is 12.2. The van der Waals surface area contributed by atoms with E-state index in [1.807, 2.05) is 6.20 Å². The van der Waals surface area contributed by atoms with Gasteiger partial charge in [0.1, 0.15) is 6.61 Å². The topological polar surface area (TPSA) is 32.8 Å². The number of hydrogen-bond acceptors (Lipinski definition) is 4. The average Bonchev–Trinajstić information content (AvgIpc) is 2.83. The Bertz CT molecular complexity index is 317. The summed E-state index contributed by atoms with van der Waals surface area (Å²) in [5.41, 5.74) is 0. The molecule has 0 aromatic carbocycles. The molecule has 1 aliphatic heterocycles. The van der Waals surface area contributed by atoms with E-state index in [1.165, 1.54) is 18.9 Å². The number of nitrogens with zero attached hydrogens (tertiary/aromatic N) is 2. The molecule has 0 saturated heterocycles. The highest BCUT2D eigenvalue weighted by Gasteiger charge is 2.11. The molecule has 9 heteroatoms. The van der Waals surface area contributed by atoms with E-state index < -0.39 is 7.54 Å². The Balaban J connectivity index is 0. The number of ether oxygens (including phenoxy) is 1. The number of carbonyl (C=O) groups excluding carboxylic acids is 1. The fraction of sp³-hybridized carbons (Fsp3) is 0.583. The maximum atomic E-state index is 10.8. The third kappa shape index (κ3) is 13.1. The Hall–Kier alpha value is -1.67. The monoisotopic (exact) mass is 311 g/mol. The van der Waals surface area contributed by atoms with Crippen molar-refractivity contribution in [3.63, 3.8) is 0 Å². The summed E-state index contributed by atoms with van der Waals surface area (Å²) >= 11 is 0. The van der Waals surface area contributed by atoms with Crippen LogP contribution in [0.5, 0.6) is 0 Å². The van der Waals surface area contributed by atoms with Crippen molar-refractivity contribution >= 4 is 13.5 Å². The zero-order valence-corrected chi connectivity index (χ0v) is 12.0. The summed E-state index contributed by atoms with van der Waals surface area (Å²) in [5, 5.41) is 0. The van der Waals surface area contributed by atoms with E-state index in [2.05, 4.69) is 29.5 Å². The standard InChI is InChI=1S/C12H20N2O2.BF3.FH/c1-3-5-6-13-7-8-14(11-13)9-10-16-12(15)4-2;2-1(3)4;/h4,7-8H,2-3,5-6,9-11H2,1H3;;1H/p-1. The summed E-state index contributed by atoms with van der Waals surface area (Å²) in [6.07, 6.45) is 7.74. The first-order chi connectivity index (χ1) is 9.49. The number of esters is 1. The quantitative estimate of drug-likeness (QED) is 0.273. The van der Waals surface area contributed by atoms with Crippen LogP contribution < -0.4 is 4.70 Å². The van der Waals surface area contributed by atoms with Crippen LogP contribution in [0.3, 0.4) is 0 Å². The van der Waals surface area contributed by atoms with Crippen LogP contribution in [0.2, 0.25) is 0 Å². The molecule has 1 heterocycles. The molecule has 21 heavy (non-hydrogen) atoms. The van der Waals surface area contributed by atoms with Crippen LogP contribution in [0, 0.1) is 0 Å². The first kappa shape index (κ1) is 21.6. The predicted octanol–water partition coefficient (Wildman–Crippen LogP) is -0.554. The Morgan fingerprint density at radius 1 is 1.33 bits per heavy atom. The Labute approximate surface area is 122 Å².